The third kappa shape index (κ3) is 8.49. The van der Waals surface area contributed by atoms with E-state index in [1.807, 2.05) is 26.0 Å². The number of rotatable bonds is 9. The molecule has 0 atom stereocenters. The largest absolute Gasteiger partial charge is 0.482 e. The first-order valence-corrected chi connectivity index (χ1v) is 13.7. The van der Waals surface area contributed by atoms with Gasteiger partial charge in [-0.05, 0) is 66.9 Å². The van der Waals surface area contributed by atoms with Crippen LogP contribution in [0.5, 0.6) is 5.75 Å². The van der Waals surface area contributed by atoms with E-state index in [0.717, 1.165) is 43.7 Å². The first-order chi connectivity index (χ1) is 19.4. The highest BCUT2D eigenvalue weighted by atomic mass is 32.2. The van der Waals surface area contributed by atoms with Crippen molar-refractivity contribution in [2.75, 3.05) is 13.8 Å². The van der Waals surface area contributed by atoms with Crippen LogP contribution in [0, 0.1) is 13.8 Å². The molecule has 0 spiro atoms. The Morgan fingerprint density at radius 1 is 0.976 bits per heavy atom. The molecule has 4 aromatic rings. The van der Waals surface area contributed by atoms with Gasteiger partial charge in [0.05, 0.1) is 18.4 Å². The fourth-order valence-electron chi connectivity index (χ4n) is 3.76. The number of thiazole rings is 1. The average Bonchev–Trinajstić information content (AvgIpc) is 3.32. The minimum absolute atomic E-state index is 0.0637. The van der Waals surface area contributed by atoms with Crippen molar-refractivity contribution in [1.29, 1.82) is 0 Å². The van der Waals surface area contributed by atoms with Gasteiger partial charge in [0.2, 0.25) is 0 Å². The van der Waals surface area contributed by atoms with Crippen molar-refractivity contribution in [3.63, 3.8) is 0 Å². The summed E-state index contributed by atoms with van der Waals surface area (Å²) in [4.78, 5) is 17.4. The van der Waals surface area contributed by atoms with Crippen molar-refractivity contribution in [1.82, 2.24) is 4.98 Å². The number of hydrogen-bond acceptors (Lipinski definition) is 5. The molecule has 12 heteroatoms. The summed E-state index contributed by atoms with van der Waals surface area (Å²) in [5.41, 5.74) is 1.10. The van der Waals surface area contributed by atoms with Crippen LogP contribution in [-0.4, -0.2) is 29.8 Å². The number of thioether (sulfide) groups is 1. The molecule has 0 aliphatic rings. The Balaban J connectivity index is 0.00000226. The van der Waals surface area contributed by atoms with E-state index in [2.05, 4.69) is 4.98 Å². The van der Waals surface area contributed by atoms with Gasteiger partial charge in [0, 0.05) is 26.7 Å². The van der Waals surface area contributed by atoms with Crippen LogP contribution < -0.4 is 4.74 Å². The van der Waals surface area contributed by atoms with Crippen LogP contribution in [0.25, 0.3) is 21.7 Å². The molecule has 0 fully saturated rings. The summed E-state index contributed by atoms with van der Waals surface area (Å²) in [5.74, 6) is 0.115. The number of ether oxygens (including phenoxy) is 1. The van der Waals surface area contributed by atoms with Crippen molar-refractivity contribution in [2.24, 2.45) is 0 Å². The molecule has 0 saturated heterocycles. The van der Waals surface area contributed by atoms with Gasteiger partial charge in [-0.15, -0.1) is 23.1 Å². The molecule has 0 amide bonds. The van der Waals surface area contributed by atoms with Gasteiger partial charge in [0.25, 0.3) is 6.43 Å². The Kier molecular flexibility index (Phi) is 10.9. The maximum Gasteiger partial charge on any atom is 0.416 e. The summed E-state index contributed by atoms with van der Waals surface area (Å²) in [5, 5.41) is 9.51. The van der Waals surface area contributed by atoms with Crippen LogP contribution in [0.15, 0.2) is 65.6 Å². The smallest absolute Gasteiger partial charge is 0.416 e. The van der Waals surface area contributed by atoms with Gasteiger partial charge < -0.3 is 9.84 Å². The van der Waals surface area contributed by atoms with Crippen LogP contribution in [0.1, 0.15) is 33.7 Å². The first kappa shape index (κ1) is 32.0. The monoisotopic (exact) mass is 613 g/mol. The Morgan fingerprint density at radius 3 is 2.22 bits per heavy atom. The highest BCUT2D eigenvalue weighted by Crippen LogP contribution is 2.38. The van der Waals surface area contributed by atoms with Crippen molar-refractivity contribution in [2.45, 2.75) is 37.1 Å². The Bertz CT molecular complexity index is 1490. The van der Waals surface area contributed by atoms with Gasteiger partial charge in [-0.3, -0.25) is 4.39 Å². The topological polar surface area (TPSA) is 59.4 Å². The second-order valence-electron chi connectivity index (χ2n) is 8.65. The van der Waals surface area contributed by atoms with Crippen LogP contribution in [-0.2, 0) is 16.7 Å². The number of carbonyl (C=O) groups is 1. The van der Waals surface area contributed by atoms with E-state index >= 15 is 0 Å². The molecule has 4 nitrogen and oxygen atoms in total. The fraction of sp³-hybridized carbons (Fsp3) is 0.241. The third-order valence-corrected chi connectivity index (χ3v) is 8.17. The zero-order chi connectivity index (χ0) is 30.3. The predicted octanol–water partition coefficient (Wildman–Crippen LogP) is 9.39. The minimum Gasteiger partial charge on any atom is -0.482 e. The van der Waals surface area contributed by atoms with Crippen molar-refractivity contribution in [3.05, 3.63) is 87.9 Å². The van der Waals surface area contributed by atoms with E-state index in [0.29, 0.717) is 30.3 Å². The second kappa shape index (κ2) is 13.9. The molecule has 1 heterocycles. The molecule has 4 rings (SSSR count). The fourth-order valence-corrected chi connectivity index (χ4v) is 5.97. The Labute approximate surface area is 241 Å². The van der Waals surface area contributed by atoms with Gasteiger partial charge in [-0.25, -0.2) is 18.6 Å². The lowest BCUT2D eigenvalue weighted by molar-refractivity contribution is -0.139. The predicted molar refractivity (Wildman–Crippen MR) is 149 cm³/mol. The first-order valence-electron chi connectivity index (χ1n) is 11.9. The molecule has 41 heavy (non-hydrogen) atoms. The van der Waals surface area contributed by atoms with Crippen molar-refractivity contribution in [3.8, 4) is 27.4 Å². The molecule has 0 aliphatic carbocycles. The molecule has 0 bridgehead atoms. The number of carboxylic acids is 1. The molecular formula is C29H25F6NO3S2. The second-order valence-corrected chi connectivity index (χ2v) is 10.8. The summed E-state index contributed by atoms with van der Waals surface area (Å²) >= 11 is 3.09. The van der Waals surface area contributed by atoms with E-state index in [-0.39, 0.29) is 5.56 Å². The van der Waals surface area contributed by atoms with Crippen LogP contribution in [0.2, 0.25) is 0 Å². The molecule has 218 valence electrons. The number of carboxylic acid groups (broad SMARTS) is 1. The molecule has 3 aromatic carbocycles. The zero-order valence-corrected chi connectivity index (χ0v) is 23.7. The number of alkyl halides is 6. The van der Waals surface area contributed by atoms with E-state index in [1.165, 1.54) is 11.3 Å². The van der Waals surface area contributed by atoms with Crippen LogP contribution in [0.4, 0.5) is 26.3 Å². The number of halogens is 6. The lowest BCUT2D eigenvalue weighted by Gasteiger charge is -2.12. The molecule has 0 radical (unpaired) electrons. The average molecular weight is 614 g/mol. The van der Waals surface area contributed by atoms with E-state index in [1.54, 1.807) is 42.1 Å². The van der Waals surface area contributed by atoms with E-state index in [4.69, 9.17) is 9.84 Å². The number of aromatic nitrogens is 1. The highest BCUT2D eigenvalue weighted by molar-refractivity contribution is 7.98. The summed E-state index contributed by atoms with van der Waals surface area (Å²) in [6.07, 6.45) is -7.76. The standard InChI is InChI=1S/C28H22F5NO3S2.CH3F/c1-15-9-22(7-8-23(15)37-13-25(35)36)38-14-24-16(2)34-27(39-24)18-5-3-17(4-6-18)19-10-20(26(29)30)12-21(11-19)28(31,32)33;1-2/h3-12,26H,13-14H2,1-2H3,(H,35,36);1H3. The quantitative estimate of drug-likeness (QED) is 0.151. The van der Waals surface area contributed by atoms with E-state index < -0.39 is 36.3 Å². The summed E-state index contributed by atoms with van der Waals surface area (Å²) in [6, 6.07) is 14.6. The van der Waals surface area contributed by atoms with Crippen molar-refractivity contribution >= 4 is 29.1 Å². The normalized spacial score (nSPS) is 11.3. The molecule has 0 aliphatic heterocycles. The third-order valence-electron chi connectivity index (χ3n) is 5.76. The van der Waals surface area contributed by atoms with Gasteiger partial charge in [-0.1, -0.05) is 24.3 Å². The minimum atomic E-state index is -4.73. The van der Waals surface area contributed by atoms with Crippen molar-refractivity contribution < 1.29 is 41.0 Å². The van der Waals surface area contributed by atoms with Gasteiger partial charge >= 0.3 is 12.1 Å². The molecule has 1 N–H and O–H groups in total. The molecular weight excluding hydrogens is 588 g/mol. The van der Waals surface area contributed by atoms with E-state index in [9.17, 15) is 31.1 Å². The molecule has 0 unspecified atom stereocenters. The molecule has 1 aromatic heterocycles. The number of benzene rings is 3. The SMILES string of the molecule is CF.Cc1cc(SCc2sc(-c3ccc(-c4cc(C(F)F)cc(C(F)(F)F)c4)cc3)nc2C)ccc1OCC(=O)O. The lowest BCUT2D eigenvalue weighted by Crippen LogP contribution is -2.09. The highest BCUT2D eigenvalue weighted by Gasteiger charge is 2.32. The maximum atomic E-state index is 13.2. The summed E-state index contributed by atoms with van der Waals surface area (Å²) < 4.78 is 80.9. The Hall–Kier alpha value is -3.51. The van der Waals surface area contributed by atoms with Crippen LogP contribution >= 0.6 is 23.1 Å². The van der Waals surface area contributed by atoms with Gasteiger partial charge in [0.15, 0.2) is 6.61 Å². The number of aryl methyl sites for hydroxylation is 2. The van der Waals surface area contributed by atoms with Crippen LogP contribution in [0.3, 0.4) is 0 Å². The number of nitrogens with zero attached hydrogens (tertiary/aromatic N) is 1. The maximum absolute atomic E-state index is 13.2. The number of hydrogen-bond donors (Lipinski definition) is 1. The van der Waals surface area contributed by atoms with Gasteiger partial charge in [-0.2, -0.15) is 13.2 Å². The molecule has 0 saturated carbocycles. The zero-order valence-electron chi connectivity index (χ0n) is 22.1. The Morgan fingerprint density at radius 2 is 1.63 bits per heavy atom. The lowest BCUT2D eigenvalue weighted by atomic mass is 9.98. The number of aliphatic carboxylic acids is 1. The van der Waals surface area contributed by atoms with Gasteiger partial charge in [0.1, 0.15) is 10.8 Å². The summed E-state index contributed by atoms with van der Waals surface area (Å²) in [7, 11) is 0.500. The summed E-state index contributed by atoms with van der Waals surface area (Å²) in [6.45, 7) is 3.33.